The van der Waals surface area contributed by atoms with Gasteiger partial charge in [-0.25, -0.2) is 4.79 Å². The maximum Gasteiger partial charge on any atom is 0.335 e. The van der Waals surface area contributed by atoms with Crippen LogP contribution in [0, 0.1) is 0 Å². The van der Waals surface area contributed by atoms with Gasteiger partial charge in [-0.1, -0.05) is 43.0 Å². The van der Waals surface area contributed by atoms with Crippen LogP contribution >= 0.6 is 23.2 Å². The number of carbonyl (C=O) groups excluding carboxylic acids is 1. The molecule has 1 amide bonds. The molecule has 20 heavy (non-hydrogen) atoms. The minimum absolute atomic E-state index is 0.0479. The van der Waals surface area contributed by atoms with E-state index >= 15 is 0 Å². The van der Waals surface area contributed by atoms with Gasteiger partial charge in [0.15, 0.2) is 0 Å². The van der Waals surface area contributed by atoms with Crippen molar-refractivity contribution in [3.8, 4) is 0 Å². The molecule has 0 radical (unpaired) electrons. The highest BCUT2D eigenvalue weighted by Gasteiger charge is 2.18. The molecule has 7 heteroatoms. The summed E-state index contributed by atoms with van der Waals surface area (Å²) >= 11 is 11.9. The fourth-order valence-corrected chi connectivity index (χ4v) is 2.17. The summed E-state index contributed by atoms with van der Waals surface area (Å²) in [6.07, 6.45) is 2.34. The van der Waals surface area contributed by atoms with Gasteiger partial charge in [0.1, 0.15) is 0 Å². The van der Waals surface area contributed by atoms with Gasteiger partial charge in [0, 0.05) is 0 Å². The summed E-state index contributed by atoms with van der Waals surface area (Å²) < 4.78 is 0. The summed E-state index contributed by atoms with van der Waals surface area (Å²) in [5.41, 5.74) is 5.87. The molecule has 0 aromatic heterocycles. The van der Waals surface area contributed by atoms with Gasteiger partial charge in [0.05, 0.1) is 27.3 Å². The van der Waals surface area contributed by atoms with Gasteiger partial charge in [-0.2, -0.15) is 0 Å². The van der Waals surface area contributed by atoms with Crippen molar-refractivity contribution in [3.05, 3.63) is 27.7 Å². The number of carbonyl (C=O) groups is 2. The average molecular weight is 319 g/mol. The lowest BCUT2D eigenvalue weighted by Gasteiger charge is -2.14. The van der Waals surface area contributed by atoms with Crippen molar-refractivity contribution in [2.45, 2.75) is 32.2 Å². The van der Waals surface area contributed by atoms with Crippen LogP contribution in [0.4, 0.5) is 5.69 Å². The van der Waals surface area contributed by atoms with Crippen LogP contribution < -0.4 is 11.1 Å². The summed E-state index contributed by atoms with van der Waals surface area (Å²) in [5.74, 6) is -1.54. The highest BCUT2D eigenvalue weighted by Crippen LogP contribution is 2.32. The summed E-state index contributed by atoms with van der Waals surface area (Å²) in [5, 5.41) is 11.5. The van der Waals surface area contributed by atoms with Crippen molar-refractivity contribution in [1.82, 2.24) is 0 Å². The predicted molar refractivity (Wildman–Crippen MR) is 79.6 cm³/mol. The number of unbranched alkanes of at least 4 members (excludes halogenated alkanes) is 1. The summed E-state index contributed by atoms with van der Waals surface area (Å²) in [7, 11) is 0. The number of anilines is 1. The lowest BCUT2D eigenvalue weighted by Crippen LogP contribution is -2.35. The molecule has 1 rings (SSSR count). The lowest BCUT2D eigenvalue weighted by atomic mass is 10.1. The normalized spacial score (nSPS) is 12.0. The molecule has 1 atom stereocenters. The number of nitrogens with one attached hydrogen (secondary N) is 1. The summed E-state index contributed by atoms with van der Waals surface area (Å²) in [6, 6.07) is 1.80. The third-order valence-electron chi connectivity index (χ3n) is 2.74. The highest BCUT2D eigenvalue weighted by molar-refractivity contribution is 6.40. The van der Waals surface area contributed by atoms with E-state index in [2.05, 4.69) is 5.32 Å². The van der Waals surface area contributed by atoms with Gasteiger partial charge >= 0.3 is 5.97 Å². The van der Waals surface area contributed by atoms with Crippen LogP contribution in [0.25, 0.3) is 0 Å². The van der Waals surface area contributed by atoms with Gasteiger partial charge in [0.25, 0.3) is 0 Å². The van der Waals surface area contributed by atoms with Gasteiger partial charge in [0.2, 0.25) is 5.91 Å². The van der Waals surface area contributed by atoms with Crippen molar-refractivity contribution in [2.75, 3.05) is 5.32 Å². The van der Waals surface area contributed by atoms with Crippen molar-refractivity contribution in [2.24, 2.45) is 5.73 Å². The number of hydrogen-bond donors (Lipinski definition) is 3. The molecule has 1 aromatic carbocycles. The number of hydrogen-bond acceptors (Lipinski definition) is 3. The minimum Gasteiger partial charge on any atom is -0.478 e. The summed E-state index contributed by atoms with van der Waals surface area (Å²) in [6.45, 7) is 2.00. The highest BCUT2D eigenvalue weighted by atomic mass is 35.5. The Morgan fingerprint density at radius 1 is 1.35 bits per heavy atom. The molecule has 0 aliphatic rings. The van der Waals surface area contributed by atoms with E-state index in [9.17, 15) is 9.59 Å². The Hall–Kier alpha value is -1.30. The number of carboxylic acids is 1. The van der Waals surface area contributed by atoms with E-state index in [4.69, 9.17) is 34.0 Å². The molecule has 0 spiro atoms. The molecule has 0 fully saturated rings. The van der Waals surface area contributed by atoms with Crippen LogP contribution in [0.5, 0.6) is 0 Å². The zero-order valence-electron chi connectivity index (χ0n) is 11.0. The Morgan fingerprint density at radius 3 is 2.35 bits per heavy atom. The van der Waals surface area contributed by atoms with Crippen molar-refractivity contribution >= 4 is 40.8 Å². The Balaban J connectivity index is 2.87. The fraction of sp³-hybridized carbons (Fsp3) is 0.385. The number of carboxylic acid groups (broad SMARTS) is 1. The molecule has 0 unspecified atom stereocenters. The predicted octanol–water partition coefficient (Wildman–Crippen LogP) is 3.15. The molecular weight excluding hydrogens is 303 g/mol. The number of aromatic carboxylic acids is 1. The largest absolute Gasteiger partial charge is 0.478 e. The van der Waals surface area contributed by atoms with E-state index in [1.807, 2.05) is 6.92 Å². The smallest absolute Gasteiger partial charge is 0.335 e. The van der Waals surface area contributed by atoms with Gasteiger partial charge < -0.3 is 16.2 Å². The number of nitrogens with two attached hydrogens (primary N) is 1. The first-order valence-electron chi connectivity index (χ1n) is 6.15. The number of amides is 1. The molecule has 0 heterocycles. The average Bonchev–Trinajstić information content (AvgIpc) is 2.39. The van der Waals surface area contributed by atoms with Crippen molar-refractivity contribution < 1.29 is 14.7 Å². The zero-order chi connectivity index (χ0) is 15.3. The first-order chi connectivity index (χ1) is 9.36. The third kappa shape index (κ3) is 4.37. The molecule has 0 bridgehead atoms. The molecule has 0 saturated heterocycles. The van der Waals surface area contributed by atoms with Crippen LogP contribution in [0.2, 0.25) is 10.0 Å². The molecule has 0 saturated carbocycles. The first-order valence-corrected chi connectivity index (χ1v) is 6.91. The molecule has 110 valence electrons. The maximum atomic E-state index is 11.9. The Morgan fingerprint density at radius 2 is 1.90 bits per heavy atom. The second-order valence-electron chi connectivity index (χ2n) is 4.36. The molecule has 5 nitrogen and oxygen atoms in total. The van der Waals surface area contributed by atoms with E-state index < -0.39 is 17.9 Å². The van der Waals surface area contributed by atoms with E-state index in [1.54, 1.807) is 0 Å². The second kappa shape index (κ2) is 7.47. The Bertz CT molecular complexity index is 497. The van der Waals surface area contributed by atoms with Gasteiger partial charge in [-0.05, 0) is 18.6 Å². The molecule has 0 aliphatic carbocycles. The van der Waals surface area contributed by atoms with Crippen LogP contribution in [-0.2, 0) is 4.79 Å². The summed E-state index contributed by atoms with van der Waals surface area (Å²) in [4.78, 5) is 22.7. The van der Waals surface area contributed by atoms with Gasteiger partial charge in [-0.3, -0.25) is 4.79 Å². The van der Waals surface area contributed by atoms with E-state index in [-0.39, 0.29) is 21.3 Å². The molecule has 1 aromatic rings. The van der Waals surface area contributed by atoms with E-state index in [0.717, 1.165) is 12.8 Å². The minimum atomic E-state index is -1.15. The number of benzene rings is 1. The molecule has 4 N–H and O–H groups in total. The Kier molecular flexibility index (Phi) is 6.26. The molecule has 0 aliphatic heterocycles. The standard InChI is InChI=1S/C13H16Cl2N2O3/c1-2-3-4-10(16)12(18)17-11-8(14)5-7(13(19)20)6-9(11)15/h5-6,10H,2-4,16H2,1H3,(H,17,18)(H,19,20)/t10-/m0/s1. The van der Waals surface area contributed by atoms with Crippen LogP contribution in [0.3, 0.4) is 0 Å². The Labute approximate surface area is 127 Å². The van der Waals surface area contributed by atoms with E-state index in [0.29, 0.717) is 6.42 Å². The quantitative estimate of drug-likeness (QED) is 0.751. The van der Waals surface area contributed by atoms with E-state index in [1.165, 1.54) is 12.1 Å². The third-order valence-corrected chi connectivity index (χ3v) is 3.34. The topological polar surface area (TPSA) is 92.4 Å². The number of halogens is 2. The van der Waals surface area contributed by atoms with Gasteiger partial charge in [-0.15, -0.1) is 0 Å². The van der Waals surface area contributed by atoms with Crippen molar-refractivity contribution in [3.63, 3.8) is 0 Å². The maximum absolute atomic E-state index is 11.9. The van der Waals surface area contributed by atoms with Crippen LogP contribution in [0.1, 0.15) is 36.5 Å². The number of rotatable bonds is 6. The van der Waals surface area contributed by atoms with Crippen molar-refractivity contribution in [1.29, 1.82) is 0 Å². The second-order valence-corrected chi connectivity index (χ2v) is 5.17. The zero-order valence-corrected chi connectivity index (χ0v) is 12.5. The monoisotopic (exact) mass is 318 g/mol. The first kappa shape index (κ1) is 16.8. The lowest BCUT2D eigenvalue weighted by molar-refractivity contribution is -0.117. The SMILES string of the molecule is CCCC[C@H](N)C(=O)Nc1c(Cl)cc(C(=O)O)cc1Cl. The van der Waals surface area contributed by atoms with Crippen LogP contribution in [0.15, 0.2) is 12.1 Å². The molecular formula is C13H16Cl2N2O3. The fourth-order valence-electron chi connectivity index (χ4n) is 1.59. The van der Waals surface area contributed by atoms with Crippen LogP contribution in [-0.4, -0.2) is 23.0 Å².